The Balaban J connectivity index is 2.41. The molecule has 1 aromatic rings. The Hall–Kier alpha value is -0.740. The second-order valence-electron chi connectivity index (χ2n) is 4.77. The van der Waals surface area contributed by atoms with Crippen LogP contribution in [0.15, 0.2) is 24.3 Å². The lowest BCUT2D eigenvalue weighted by molar-refractivity contribution is 0.395. The Kier molecular flexibility index (Phi) is 4.17. The maximum atomic E-state index is 14.0. The largest absolute Gasteiger partial charge is 0.361 e. The Morgan fingerprint density at radius 3 is 2.72 bits per heavy atom. The van der Waals surface area contributed by atoms with Gasteiger partial charge < -0.3 is 10.6 Å². The van der Waals surface area contributed by atoms with Gasteiger partial charge in [-0.2, -0.15) is 11.8 Å². The summed E-state index contributed by atoms with van der Waals surface area (Å²) < 4.78 is 14.0. The normalized spacial score (nSPS) is 27.4. The first-order valence-electron chi connectivity index (χ1n) is 6.49. The lowest BCUT2D eigenvalue weighted by atomic mass is 9.89. The molecule has 0 aromatic heterocycles. The molecule has 2 unspecified atom stereocenters. The van der Waals surface area contributed by atoms with Gasteiger partial charge in [-0.15, -0.1) is 0 Å². The standard InChI is InChI=1S/C14H21FN2S/c1-3-17(13-7-5-4-6-12(13)15)14(10-16)8-9-18-11(14)2/h4-7,11H,3,8-10,16H2,1-2H3. The van der Waals surface area contributed by atoms with Crippen molar-refractivity contribution in [3.8, 4) is 0 Å². The van der Waals surface area contributed by atoms with Crippen LogP contribution in [-0.2, 0) is 0 Å². The summed E-state index contributed by atoms with van der Waals surface area (Å²) in [5, 5.41) is 0.432. The van der Waals surface area contributed by atoms with Gasteiger partial charge in [-0.05, 0) is 31.2 Å². The van der Waals surface area contributed by atoms with Gasteiger partial charge in [0.1, 0.15) is 5.82 Å². The molecule has 0 radical (unpaired) electrons. The number of likely N-dealkylation sites (N-methyl/N-ethyl adjacent to an activating group) is 1. The Labute approximate surface area is 113 Å². The molecular weight excluding hydrogens is 247 g/mol. The second kappa shape index (κ2) is 5.49. The van der Waals surface area contributed by atoms with Gasteiger partial charge in [-0.1, -0.05) is 19.1 Å². The van der Waals surface area contributed by atoms with E-state index in [0.29, 0.717) is 17.5 Å². The number of halogens is 1. The van der Waals surface area contributed by atoms with Crippen LogP contribution in [0.3, 0.4) is 0 Å². The van der Waals surface area contributed by atoms with E-state index in [1.807, 2.05) is 23.9 Å². The highest BCUT2D eigenvalue weighted by Crippen LogP contribution is 2.42. The van der Waals surface area contributed by atoms with Crippen molar-refractivity contribution in [2.45, 2.75) is 31.1 Å². The van der Waals surface area contributed by atoms with Gasteiger partial charge in [-0.25, -0.2) is 4.39 Å². The molecule has 2 atom stereocenters. The highest BCUT2D eigenvalue weighted by molar-refractivity contribution is 8.00. The summed E-state index contributed by atoms with van der Waals surface area (Å²) in [4.78, 5) is 2.16. The molecule has 1 heterocycles. The van der Waals surface area contributed by atoms with Crippen LogP contribution in [0.2, 0.25) is 0 Å². The van der Waals surface area contributed by atoms with E-state index in [-0.39, 0.29) is 11.4 Å². The second-order valence-corrected chi connectivity index (χ2v) is 6.22. The Morgan fingerprint density at radius 1 is 1.50 bits per heavy atom. The predicted molar refractivity (Wildman–Crippen MR) is 77.7 cm³/mol. The fourth-order valence-corrected chi connectivity index (χ4v) is 4.38. The fourth-order valence-electron chi connectivity index (χ4n) is 2.90. The van der Waals surface area contributed by atoms with Crippen molar-refractivity contribution in [1.29, 1.82) is 0 Å². The van der Waals surface area contributed by atoms with Crippen molar-refractivity contribution in [2.75, 3.05) is 23.7 Å². The molecular formula is C14H21FN2S. The highest BCUT2D eigenvalue weighted by atomic mass is 32.2. The molecule has 1 saturated heterocycles. The predicted octanol–water partition coefficient (Wildman–Crippen LogP) is 2.87. The minimum atomic E-state index is -0.156. The monoisotopic (exact) mass is 268 g/mol. The number of nitrogens with two attached hydrogens (primary N) is 1. The lowest BCUT2D eigenvalue weighted by Crippen LogP contribution is -2.58. The number of nitrogens with zero attached hydrogens (tertiary/aromatic N) is 1. The molecule has 2 N–H and O–H groups in total. The zero-order chi connectivity index (χ0) is 13.2. The van der Waals surface area contributed by atoms with Crippen molar-refractivity contribution < 1.29 is 4.39 Å². The number of hydrogen-bond acceptors (Lipinski definition) is 3. The van der Waals surface area contributed by atoms with E-state index in [2.05, 4.69) is 18.7 Å². The van der Waals surface area contributed by atoms with Crippen molar-refractivity contribution in [3.05, 3.63) is 30.1 Å². The summed E-state index contributed by atoms with van der Waals surface area (Å²) >= 11 is 1.93. The molecule has 2 nitrogen and oxygen atoms in total. The molecule has 0 bridgehead atoms. The van der Waals surface area contributed by atoms with Gasteiger partial charge in [0.2, 0.25) is 0 Å². The molecule has 100 valence electrons. The number of para-hydroxylation sites is 1. The maximum Gasteiger partial charge on any atom is 0.146 e. The van der Waals surface area contributed by atoms with Crippen LogP contribution >= 0.6 is 11.8 Å². The van der Waals surface area contributed by atoms with Gasteiger partial charge in [0, 0.05) is 18.3 Å². The third kappa shape index (κ3) is 2.12. The van der Waals surface area contributed by atoms with Gasteiger partial charge in [-0.3, -0.25) is 0 Å². The smallest absolute Gasteiger partial charge is 0.146 e. The van der Waals surface area contributed by atoms with E-state index < -0.39 is 0 Å². The number of thioether (sulfide) groups is 1. The third-order valence-electron chi connectivity index (χ3n) is 4.01. The first-order chi connectivity index (χ1) is 8.65. The molecule has 4 heteroatoms. The van der Waals surface area contributed by atoms with Crippen LogP contribution in [0.4, 0.5) is 10.1 Å². The van der Waals surface area contributed by atoms with E-state index in [1.54, 1.807) is 6.07 Å². The summed E-state index contributed by atoms with van der Waals surface area (Å²) in [6.07, 6.45) is 1.03. The molecule has 0 aliphatic carbocycles. The molecule has 1 aliphatic heterocycles. The molecule has 0 spiro atoms. The van der Waals surface area contributed by atoms with E-state index in [1.165, 1.54) is 6.07 Å². The van der Waals surface area contributed by atoms with E-state index >= 15 is 0 Å². The summed E-state index contributed by atoms with van der Waals surface area (Å²) in [6, 6.07) is 6.99. The minimum Gasteiger partial charge on any atom is -0.361 e. The molecule has 1 aliphatic rings. The quantitative estimate of drug-likeness (QED) is 0.910. The van der Waals surface area contributed by atoms with E-state index in [4.69, 9.17) is 5.73 Å². The van der Waals surface area contributed by atoms with Crippen molar-refractivity contribution >= 4 is 17.4 Å². The van der Waals surface area contributed by atoms with E-state index in [9.17, 15) is 4.39 Å². The average Bonchev–Trinajstić information content (AvgIpc) is 2.75. The summed E-state index contributed by atoms with van der Waals surface area (Å²) in [6.45, 7) is 5.62. The van der Waals surface area contributed by atoms with E-state index in [0.717, 1.165) is 18.7 Å². The minimum absolute atomic E-state index is 0.110. The first kappa shape index (κ1) is 13.7. The summed E-state index contributed by atoms with van der Waals surface area (Å²) in [5.74, 6) is 0.944. The number of hydrogen-bond donors (Lipinski definition) is 1. The van der Waals surface area contributed by atoms with Gasteiger partial charge in [0.05, 0.1) is 11.2 Å². The SMILES string of the molecule is CCN(c1ccccc1F)C1(CN)CCSC1C. The van der Waals surface area contributed by atoms with Gasteiger partial charge in [0.25, 0.3) is 0 Å². The average molecular weight is 268 g/mol. The van der Waals surface area contributed by atoms with Gasteiger partial charge in [0.15, 0.2) is 0 Å². The van der Waals surface area contributed by atoms with Crippen molar-refractivity contribution in [1.82, 2.24) is 0 Å². The first-order valence-corrected chi connectivity index (χ1v) is 7.54. The lowest BCUT2D eigenvalue weighted by Gasteiger charge is -2.44. The number of anilines is 1. The molecule has 1 fully saturated rings. The molecule has 18 heavy (non-hydrogen) atoms. The third-order valence-corrected chi connectivity index (χ3v) is 5.39. The fraction of sp³-hybridized carbons (Fsp3) is 0.571. The van der Waals surface area contributed by atoms with Crippen molar-refractivity contribution in [3.63, 3.8) is 0 Å². The van der Waals surface area contributed by atoms with Crippen LogP contribution in [0.1, 0.15) is 20.3 Å². The highest BCUT2D eigenvalue weighted by Gasteiger charge is 2.44. The van der Waals surface area contributed by atoms with Crippen molar-refractivity contribution in [2.24, 2.45) is 5.73 Å². The maximum absolute atomic E-state index is 14.0. The van der Waals surface area contributed by atoms with Crippen LogP contribution < -0.4 is 10.6 Å². The topological polar surface area (TPSA) is 29.3 Å². The Bertz CT molecular complexity index is 413. The summed E-state index contributed by atoms with van der Waals surface area (Å²) in [7, 11) is 0. The zero-order valence-corrected chi connectivity index (χ0v) is 11.8. The zero-order valence-electron chi connectivity index (χ0n) is 11.0. The molecule has 2 rings (SSSR count). The van der Waals surface area contributed by atoms with Crippen LogP contribution in [-0.4, -0.2) is 29.6 Å². The molecule has 1 aromatic carbocycles. The molecule has 0 amide bonds. The van der Waals surface area contributed by atoms with Gasteiger partial charge >= 0.3 is 0 Å². The summed E-state index contributed by atoms with van der Waals surface area (Å²) in [5.41, 5.74) is 6.62. The van der Waals surface area contributed by atoms with Crippen LogP contribution in [0.5, 0.6) is 0 Å². The number of benzene rings is 1. The van der Waals surface area contributed by atoms with Crippen LogP contribution in [0.25, 0.3) is 0 Å². The van der Waals surface area contributed by atoms with Crippen LogP contribution in [0, 0.1) is 5.82 Å². The molecule has 0 saturated carbocycles. The Morgan fingerprint density at radius 2 is 2.22 bits per heavy atom. The number of rotatable bonds is 4.